The maximum atomic E-state index is 12.8. The number of hydrogen-bond donors (Lipinski definition) is 2. The number of nitrogens with one attached hydrogen (secondary N) is 2. The fourth-order valence-corrected chi connectivity index (χ4v) is 5.20. The van der Waals surface area contributed by atoms with Gasteiger partial charge in [0.15, 0.2) is 6.61 Å². The van der Waals surface area contributed by atoms with Gasteiger partial charge < -0.3 is 15.4 Å². The van der Waals surface area contributed by atoms with Crippen molar-refractivity contribution in [2.75, 3.05) is 11.9 Å². The van der Waals surface area contributed by atoms with Crippen LogP contribution < -0.4 is 15.4 Å². The van der Waals surface area contributed by atoms with Crippen molar-refractivity contribution in [3.05, 3.63) is 65.0 Å². The van der Waals surface area contributed by atoms with E-state index in [1.165, 1.54) is 11.3 Å². The van der Waals surface area contributed by atoms with Crippen LogP contribution >= 0.6 is 22.7 Å². The van der Waals surface area contributed by atoms with Crippen molar-refractivity contribution in [1.82, 2.24) is 10.3 Å². The third-order valence-corrected chi connectivity index (χ3v) is 7.11. The number of thiazole rings is 1. The van der Waals surface area contributed by atoms with Crippen LogP contribution in [0.3, 0.4) is 0 Å². The normalized spacial score (nSPS) is 14.0. The quantitative estimate of drug-likeness (QED) is 0.480. The standard InChI is InChI=1S/C22H17N3O3S2/c1-12(13-6-7-16-15(10-13)24-20(26)11-28-16)23-21(27)18-8-9-19(29-18)22-25-14-4-2-3-5-17(14)30-22/h2-10,12H,11H2,1H3,(H,23,27)(H,24,26). The summed E-state index contributed by atoms with van der Waals surface area (Å²) < 4.78 is 6.51. The molecule has 2 N–H and O–H groups in total. The van der Waals surface area contributed by atoms with Crippen molar-refractivity contribution in [3.8, 4) is 15.6 Å². The molecule has 30 heavy (non-hydrogen) atoms. The number of para-hydroxylation sites is 1. The van der Waals surface area contributed by atoms with Crippen LogP contribution in [-0.4, -0.2) is 23.4 Å². The number of benzene rings is 2. The molecule has 5 rings (SSSR count). The number of hydrogen-bond acceptors (Lipinski definition) is 6. The Balaban J connectivity index is 1.32. The Labute approximate surface area is 180 Å². The van der Waals surface area contributed by atoms with Gasteiger partial charge in [0.2, 0.25) is 0 Å². The van der Waals surface area contributed by atoms with Gasteiger partial charge in [0, 0.05) is 0 Å². The van der Waals surface area contributed by atoms with Crippen molar-refractivity contribution >= 4 is 50.4 Å². The highest BCUT2D eigenvalue weighted by atomic mass is 32.1. The number of amides is 2. The van der Waals surface area contributed by atoms with Gasteiger partial charge in [-0.25, -0.2) is 4.98 Å². The number of nitrogens with zero attached hydrogens (tertiary/aromatic N) is 1. The molecular weight excluding hydrogens is 418 g/mol. The number of anilines is 1. The van der Waals surface area contributed by atoms with Gasteiger partial charge >= 0.3 is 0 Å². The molecule has 0 fully saturated rings. The van der Waals surface area contributed by atoms with E-state index in [9.17, 15) is 9.59 Å². The Kier molecular flexibility index (Phi) is 4.72. The second kappa shape index (κ2) is 7.55. The molecule has 4 aromatic rings. The number of carbonyl (C=O) groups excluding carboxylic acids is 2. The first-order valence-electron chi connectivity index (χ1n) is 9.40. The number of thiophene rings is 1. The summed E-state index contributed by atoms with van der Waals surface area (Å²) in [5, 5.41) is 6.73. The van der Waals surface area contributed by atoms with Gasteiger partial charge in [-0.05, 0) is 48.9 Å². The van der Waals surface area contributed by atoms with Gasteiger partial charge in [0.25, 0.3) is 11.8 Å². The van der Waals surface area contributed by atoms with Crippen LogP contribution in [0.15, 0.2) is 54.6 Å². The lowest BCUT2D eigenvalue weighted by molar-refractivity contribution is -0.118. The highest BCUT2D eigenvalue weighted by Crippen LogP contribution is 2.35. The Hall–Kier alpha value is -3.23. The summed E-state index contributed by atoms with van der Waals surface area (Å²) in [6.07, 6.45) is 0. The number of fused-ring (bicyclic) bond motifs is 2. The molecule has 8 heteroatoms. The smallest absolute Gasteiger partial charge is 0.262 e. The second-order valence-electron chi connectivity index (χ2n) is 6.94. The molecule has 6 nitrogen and oxygen atoms in total. The monoisotopic (exact) mass is 435 g/mol. The molecule has 2 aromatic carbocycles. The predicted molar refractivity (Wildman–Crippen MR) is 119 cm³/mol. The summed E-state index contributed by atoms with van der Waals surface area (Å²) in [5.74, 6) is 0.311. The average Bonchev–Trinajstić information content (AvgIpc) is 3.40. The van der Waals surface area contributed by atoms with Gasteiger partial charge in [0.05, 0.1) is 31.7 Å². The number of aromatic nitrogens is 1. The van der Waals surface area contributed by atoms with E-state index >= 15 is 0 Å². The molecule has 3 heterocycles. The lowest BCUT2D eigenvalue weighted by Crippen LogP contribution is -2.27. The summed E-state index contributed by atoms with van der Waals surface area (Å²) in [6.45, 7) is 1.93. The molecule has 0 bridgehead atoms. The average molecular weight is 436 g/mol. The van der Waals surface area contributed by atoms with Gasteiger partial charge in [0.1, 0.15) is 10.8 Å². The van der Waals surface area contributed by atoms with E-state index in [-0.39, 0.29) is 24.5 Å². The van der Waals surface area contributed by atoms with E-state index < -0.39 is 0 Å². The van der Waals surface area contributed by atoms with Gasteiger partial charge in [-0.2, -0.15) is 0 Å². The number of rotatable bonds is 4. The topological polar surface area (TPSA) is 80.3 Å². The van der Waals surface area contributed by atoms with Crippen LogP contribution in [-0.2, 0) is 4.79 Å². The fraction of sp³-hybridized carbons (Fsp3) is 0.136. The summed E-state index contributed by atoms with van der Waals surface area (Å²) in [7, 11) is 0. The molecule has 1 atom stereocenters. The van der Waals surface area contributed by atoms with E-state index in [2.05, 4.69) is 15.6 Å². The Morgan fingerprint density at radius 3 is 2.90 bits per heavy atom. The fourth-order valence-electron chi connectivity index (χ4n) is 3.27. The van der Waals surface area contributed by atoms with Crippen LogP contribution in [0.25, 0.3) is 20.1 Å². The van der Waals surface area contributed by atoms with Crippen molar-refractivity contribution in [2.45, 2.75) is 13.0 Å². The maximum absolute atomic E-state index is 12.8. The molecule has 0 aliphatic carbocycles. The van der Waals surface area contributed by atoms with Crippen LogP contribution in [0, 0.1) is 0 Å². The minimum atomic E-state index is -0.227. The Bertz CT molecular complexity index is 1240. The molecule has 0 radical (unpaired) electrons. The molecule has 0 saturated carbocycles. The van der Waals surface area contributed by atoms with E-state index in [0.29, 0.717) is 16.3 Å². The zero-order chi connectivity index (χ0) is 20.7. The zero-order valence-electron chi connectivity index (χ0n) is 16.0. The molecule has 0 saturated heterocycles. The molecule has 1 unspecified atom stereocenters. The molecule has 150 valence electrons. The molecule has 1 aliphatic heterocycles. The Morgan fingerprint density at radius 1 is 1.17 bits per heavy atom. The lowest BCUT2D eigenvalue weighted by atomic mass is 10.1. The van der Waals surface area contributed by atoms with Crippen molar-refractivity contribution in [2.24, 2.45) is 0 Å². The van der Waals surface area contributed by atoms with Gasteiger partial charge in [-0.1, -0.05) is 18.2 Å². The number of carbonyl (C=O) groups is 2. The highest BCUT2D eigenvalue weighted by molar-refractivity contribution is 7.26. The lowest BCUT2D eigenvalue weighted by Gasteiger charge is -2.20. The van der Waals surface area contributed by atoms with Crippen LogP contribution in [0.5, 0.6) is 5.75 Å². The highest BCUT2D eigenvalue weighted by Gasteiger charge is 2.19. The van der Waals surface area contributed by atoms with Crippen LogP contribution in [0.1, 0.15) is 28.2 Å². The summed E-state index contributed by atoms with van der Waals surface area (Å²) >= 11 is 3.05. The molecular formula is C22H17N3O3S2. The second-order valence-corrected chi connectivity index (χ2v) is 9.05. The third kappa shape index (κ3) is 3.55. The largest absolute Gasteiger partial charge is 0.482 e. The van der Waals surface area contributed by atoms with Crippen molar-refractivity contribution in [1.29, 1.82) is 0 Å². The summed E-state index contributed by atoms with van der Waals surface area (Å²) in [5.41, 5.74) is 2.48. The van der Waals surface area contributed by atoms with Gasteiger partial charge in [-0.3, -0.25) is 9.59 Å². The zero-order valence-corrected chi connectivity index (χ0v) is 17.6. The van der Waals surface area contributed by atoms with Crippen molar-refractivity contribution < 1.29 is 14.3 Å². The third-order valence-electron chi connectivity index (χ3n) is 4.82. The summed E-state index contributed by atoms with van der Waals surface area (Å²) in [4.78, 5) is 30.6. The molecule has 0 spiro atoms. The maximum Gasteiger partial charge on any atom is 0.262 e. The van der Waals surface area contributed by atoms with Crippen molar-refractivity contribution in [3.63, 3.8) is 0 Å². The molecule has 2 aromatic heterocycles. The van der Waals surface area contributed by atoms with Crippen LogP contribution in [0.4, 0.5) is 5.69 Å². The predicted octanol–water partition coefficient (Wildman–Crippen LogP) is 4.85. The van der Waals surface area contributed by atoms with Gasteiger partial charge in [-0.15, -0.1) is 22.7 Å². The first-order chi connectivity index (χ1) is 14.6. The molecule has 2 amide bonds. The SMILES string of the molecule is CC(NC(=O)c1ccc(-c2nc3ccccc3s2)s1)c1ccc2c(c1)NC(=O)CO2. The minimum Gasteiger partial charge on any atom is -0.482 e. The minimum absolute atomic E-state index is 0.0218. The summed E-state index contributed by atoms with van der Waals surface area (Å²) in [6, 6.07) is 17.1. The van der Waals surface area contributed by atoms with E-state index in [4.69, 9.17) is 4.74 Å². The first-order valence-corrected chi connectivity index (χ1v) is 11.0. The number of ether oxygens (including phenoxy) is 1. The first kappa shape index (κ1) is 18.8. The Morgan fingerprint density at radius 2 is 2.03 bits per heavy atom. The van der Waals surface area contributed by atoms with E-state index in [0.717, 1.165) is 25.7 Å². The molecule has 1 aliphatic rings. The van der Waals surface area contributed by atoms with Crippen LogP contribution in [0.2, 0.25) is 0 Å². The van der Waals surface area contributed by atoms with E-state index in [1.54, 1.807) is 11.3 Å². The van der Waals surface area contributed by atoms with E-state index in [1.807, 2.05) is 61.5 Å².